The highest BCUT2D eigenvalue weighted by atomic mass is 19.1. The third kappa shape index (κ3) is 3.15. The Morgan fingerprint density at radius 1 is 1.35 bits per heavy atom. The van der Waals surface area contributed by atoms with Gasteiger partial charge < -0.3 is 4.74 Å². The van der Waals surface area contributed by atoms with Crippen LogP contribution in [0.15, 0.2) is 43.2 Å². The van der Waals surface area contributed by atoms with Crippen LogP contribution in [0.4, 0.5) is 8.78 Å². The third-order valence-electron chi connectivity index (χ3n) is 3.96. The first kappa shape index (κ1) is 17.6. The highest BCUT2D eigenvalue weighted by molar-refractivity contribution is 5.69. The summed E-state index contributed by atoms with van der Waals surface area (Å²) in [6.45, 7) is 7.20. The number of aromatic nitrogens is 4. The predicted octanol–water partition coefficient (Wildman–Crippen LogP) is 4.54. The molecule has 0 aliphatic heterocycles. The Hall–Kier alpha value is -3.22. The van der Waals surface area contributed by atoms with Gasteiger partial charge in [-0.1, -0.05) is 12.6 Å². The zero-order valence-corrected chi connectivity index (χ0v) is 14.5. The van der Waals surface area contributed by atoms with Gasteiger partial charge in [0, 0.05) is 18.0 Å². The van der Waals surface area contributed by atoms with Crippen LogP contribution in [0, 0.1) is 18.6 Å². The molecule has 3 rings (SSSR count). The molecule has 0 radical (unpaired) electrons. The molecule has 5 nitrogen and oxygen atoms in total. The maximum Gasteiger partial charge on any atom is 0.180 e. The number of rotatable bonds is 6. The van der Waals surface area contributed by atoms with Crippen molar-refractivity contribution in [3.05, 3.63) is 72.0 Å². The summed E-state index contributed by atoms with van der Waals surface area (Å²) in [4.78, 5) is 4.53. The molecule has 2 heterocycles. The number of imidazole rings is 1. The second-order valence-electron chi connectivity index (χ2n) is 5.55. The molecule has 0 atom stereocenters. The zero-order chi connectivity index (χ0) is 18.7. The lowest BCUT2D eigenvalue weighted by atomic mass is 10.2. The van der Waals surface area contributed by atoms with Crippen LogP contribution >= 0.6 is 0 Å². The number of hydrogen-bond acceptors (Lipinski definition) is 3. The van der Waals surface area contributed by atoms with Crippen molar-refractivity contribution in [1.29, 1.82) is 0 Å². The van der Waals surface area contributed by atoms with Crippen LogP contribution in [-0.2, 0) is 11.3 Å². The van der Waals surface area contributed by atoms with Gasteiger partial charge in [0.1, 0.15) is 18.2 Å². The fourth-order valence-corrected chi connectivity index (χ4v) is 2.72. The largest absolute Gasteiger partial charge is 0.485 e. The first-order valence-corrected chi connectivity index (χ1v) is 7.99. The molecule has 0 unspecified atom stereocenters. The minimum atomic E-state index is -0.650. The second-order valence-corrected chi connectivity index (χ2v) is 5.55. The third-order valence-corrected chi connectivity index (χ3v) is 3.96. The number of halogens is 2. The number of aromatic amines is 1. The van der Waals surface area contributed by atoms with Crippen molar-refractivity contribution < 1.29 is 13.5 Å². The summed E-state index contributed by atoms with van der Waals surface area (Å²) in [5.41, 5.74) is 2.28. The van der Waals surface area contributed by atoms with Crippen LogP contribution in [0.25, 0.3) is 23.2 Å². The van der Waals surface area contributed by atoms with E-state index in [1.54, 1.807) is 36.2 Å². The smallest absolute Gasteiger partial charge is 0.180 e. The average molecular weight is 356 g/mol. The Morgan fingerprint density at radius 3 is 2.65 bits per heavy atom. The summed E-state index contributed by atoms with van der Waals surface area (Å²) in [6.07, 6.45) is 6.73. The molecule has 0 aliphatic carbocycles. The van der Waals surface area contributed by atoms with Crippen LogP contribution in [-0.4, -0.2) is 19.7 Å². The molecule has 0 spiro atoms. The van der Waals surface area contributed by atoms with Gasteiger partial charge in [-0.3, -0.25) is 9.67 Å². The van der Waals surface area contributed by atoms with Gasteiger partial charge in [0.25, 0.3) is 0 Å². The van der Waals surface area contributed by atoms with Crippen LogP contribution in [0.2, 0.25) is 0 Å². The van der Waals surface area contributed by atoms with Crippen molar-refractivity contribution in [2.75, 3.05) is 0 Å². The highest BCUT2D eigenvalue weighted by Crippen LogP contribution is 2.28. The summed E-state index contributed by atoms with van der Waals surface area (Å²) in [6, 6.07) is 3.71. The van der Waals surface area contributed by atoms with Crippen LogP contribution in [0.1, 0.15) is 24.0 Å². The van der Waals surface area contributed by atoms with E-state index in [0.717, 1.165) is 17.0 Å². The fraction of sp³-hybridized carbons (Fsp3) is 0.158. The molecule has 0 amide bonds. The number of hydrogen-bond donors (Lipinski definition) is 1. The Kier molecular flexibility index (Phi) is 4.97. The van der Waals surface area contributed by atoms with Gasteiger partial charge in [0.15, 0.2) is 11.6 Å². The van der Waals surface area contributed by atoms with E-state index in [1.165, 1.54) is 18.2 Å². The summed E-state index contributed by atoms with van der Waals surface area (Å²) in [5, 5.41) is 6.72. The Balaban J connectivity index is 1.94. The van der Waals surface area contributed by atoms with Crippen LogP contribution in [0.5, 0.6) is 0 Å². The van der Waals surface area contributed by atoms with Gasteiger partial charge in [-0.2, -0.15) is 5.10 Å². The molecule has 1 aromatic carbocycles. The fourth-order valence-electron chi connectivity index (χ4n) is 2.72. The van der Waals surface area contributed by atoms with E-state index in [0.29, 0.717) is 11.6 Å². The molecule has 134 valence electrons. The van der Waals surface area contributed by atoms with Crippen LogP contribution in [0.3, 0.4) is 0 Å². The lowest BCUT2D eigenvalue weighted by molar-refractivity contribution is 0.250. The molecular weight excluding hydrogens is 338 g/mol. The lowest BCUT2D eigenvalue weighted by Gasteiger charge is -2.12. The van der Waals surface area contributed by atoms with Gasteiger partial charge >= 0.3 is 0 Å². The van der Waals surface area contributed by atoms with Crippen molar-refractivity contribution in [1.82, 2.24) is 19.7 Å². The van der Waals surface area contributed by atoms with Crippen molar-refractivity contribution in [2.45, 2.75) is 20.5 Å². The standard InChI is InChI=1S/C19H18F2N4O/c1-4-17(26-11-14-15(20)7-6-8-16(14)21)19-24-12(3)18(25(19)5-2)13-9-22-23-10-13/h4-10H,2,11H2,1,3H3,(H,22,23)/b17-4+. The van der Waals surface area contributed by atoms with Crippen molar-refractivity contribution in [3.8, 4) is 11.3 Å². The number of benzene rings is 1. The normalized spacial score (nSPS) is 11.6. The average Bonchev–Trinajstić information content (AvgIpc) is 3.25. The number of allylic oxidation sites excluding steroid dienone is 1. The van der Waals surface area contributed by atoms with Gasteiger partial charge in [0.05, 0.1) is 23.1 Å². The summed E-state index contributed by atoms with van der Waals surface area (Å²) >= 11 is 0. The predicted molar refractivity (Wildman–Crippen MR) is 95.7 cm³/mol. The molecule has 0 fully saturated rings. The maximum atomic E-state index is 13.8. The minimum absolute atomic E-state index is 0.129. The second kappa shape index (κ2) is 7.35. The van der Waals surface area contributed by atoms with Gasteiger partial charge in [-0.25, -0.2) is 13.8 Å². The van der Waals surface area contributed by atoms with Crippen LogP contribution < -0.4 is 0 Å². The molecule has 26 heavy (non-hydrogen) atoms. The first-order valence-electron chi connectivity index (χ1n) is 7.99. The first-order chi connectivity index (χ1) is 12.6. The molecule has 7 heteroatoms. The van der Waals surface area contributed by atoms with Crippen molar-refractivity contribution in [2.24, 2.45) is 0 Å². The number of ether oxygens (including phenoxy) is 1. The van der Waals surface area contributed by atoms with Crippen molar-refractivity contribution >= 4 is 12.0 Å². The lowest BCUT2D eigenvalue weighted by Crippen LogP contribution is -2.03. The SMILES string of the molecule is C=Cn1c(/C(=C\C)OCc2c(F)cccc2F)nc(C)c1-c1cn[nH]c1. The topological polar surface area (TPSA) is 55.7 Å². The maximum absolute atomic E-state index is 13.8. The van der Waals surface area contributed by atoms with E-state index in [9.17, 15) is 8.78 Å². The molecular formula is C19H18F2N4O. The molecule has 0 saturated carbocycles. The number of aryl methyl sites for hydroxylation is 1. The van der Waals surface area contributed by atoms with Gasteiger partial charge in [-0.05, 0) is 32.1 Å². The molecule has 1 N–H and O–H groups in total. The highest BCUT2D eigenvalue weighted by Gasteiger charge is 2.19. The Bertz CT molecular complexity index is 938. The van der Waals surface area contributed by atoms with E-state index in [-0.39, 0.29) is 12.2 Å². The van der Waals surface area contributed by atoms with E-state index in [4.69, 9.17) is 4.74 Å². The molecule has 3 aromatic rings. The molecule has 0 aliphatic rings. The summed E-state index contributed by atoms with van der Waals surface area (Å²) in [5.74, 6) is -0.413. The van der Waals surface area contributed by atoms with Crippen molar-refractivity contribution in [3.63, 3.8) is 0 Å². The Morgan fingerprint density at radius 2 is 2.08 bits per heavy atom. The monoisotopic (exact) mass is 356 g/mol. The zero-order valence-electron chi connectivity index (χ0n) is 14.5. The summed E-state index contributed by atoms with van der Waals surface area (Å²) in [7, 11) is 0. The van der Waals surface area contributed by atoms with E-state index in [1.807, 2.05) is 6.92 Å². The number of nitrogens with zero attached hydrogens (tertiary/aromatic N) is 3. The van der Waals surface area contributed by atoms with Gasteiger partial charge in [-0.15, -0.1) is 0 Å². The Labute approximate surface area is 149 Å². The van der Waals surface area contributed by atoms with E-state index < -0.39 is 11.6 Å². The molecule has 0 bridgehead atoms. The van der Waals surface area contributed by atoms with E-state index in [2.05, 4.69) is 21.8 Å². The quantitative estimate of drug-likeness (QED) is 0.660. The molecule has 0 saturated heterocycles. The van der Waals surface area contributed by atoms with E-state index >= 15 is 0 Å². The number of H-pyrrole nitrogens is 1. The summed E-state index contributed by atoms with van der Waals surface area (Å²) < 4.78 is 35.1. The van der Waals surface area contributed by atoms with Gasteiger partial charge in [0.2, 0.25) is 0 Å². The molecule has 2 aromatic heterocycles. The number of nitrogens with one attached hydrogen (secondary N) is 1. The minimum Gasteiger partial charge on any atom is -0.485 e.